The molecule has 0 unspecified atom stereocenters. The predicted octanol–water partition coefficient (Wildman–Crippen LogP) is 5.01. The van der Waals surface area contributed by atoms with Crippen LogP contribution in [-0.4, -0.2) is 18.4 Å². The van der Waals surface area contributed by atoms with Crippen LogP contribution in [0.1, 0.15) is 27.0 Å². The van der Waals surface area contributed by atoms with Crippen LogP contribution in [0, 0.1) is 13.8 Å². The Labute approximate surface area is 184 Å². The van der Waals surface area contributed by atoms with Crippen molar-refractivity contribution in [1.29, 1.82) is 0 Å². The van der Waals surface area contributed by atoms with Gasteiger partial charge in [0, 0.05) is 10.2 Å². The maximum absolute atomic E-state index is 12.6. The summed E-state index contributed by atoms with van der Waals surface area (Å²) in [7, 11) is 0. The molecule has 0 saturated carbocycles. The zero-order chi connectivity index (χ0) is 21.5. The summed E-state index contributed by atoms with van der Waals surface area (Å²) in [6.45, 7) is 4.13. The third-order valence-electron chi connectivity index (χ3n) is 4.70. The Balaban J connectivity index is 1.60. The van der Waals surface area contributed by atoms with Crippen molar-refractivity contribution < 1.29 is 14.3 Å². The van der Waals surface area contributed by atoms with Crippen molar-refractivity contribution in [3.63, 3.8) is 0 Å². The van der Waals surface area contributed by atoms with Gasteiger partial charge in [-0.15, -0.1) is 0 Å². The third-order valence-corrected chi connectivity index (χ3v) is 5.20. The summed E-state index contributed by atoms with van der Waals surface area (Å²) < 4.78 is 6.81. The molecular formula is C24H23BrN2O3. The van der Waals surface area contributed by atoms with Gasteiger partial charge in [-0.1, -0.05) is 52.3 Å². The van der Waals surface area contributed by atoms with E-state index in [0.29, 0.717) is 17.9 Å². The van der Waals surface area contributed by atoms with E-state index in [1.54, 1.807) is 24.3 Å². The van der Waals surface area contributed by atoms with E-state index in [0.717, 1.165) is 26.9 Å². The molecule has 0 aromatic heterocycles. The van der Waals surface area contributed by atoms with Crippen LogP contribution < -0.4 is 15.4 Å². The number of hydrogen-bond acceptors (Lipinski definition) is 3. The van der Waals surface area contributed by atoms with Crippen LogP contribution in [0.25, 0.3) is 0 Å². The van der Waals surface area contributed by atoms with Gasteiger partial charge in [0.15, 0.2) is 0 Å². The Morgan fingerprint density at radius 3 is 2.53 bits per heavy atom. The van der Waals surface area contributed by atoms with Crippen molar-refractivity contribution in [2.24, 2.45) is 0 Å². The molecule has 3 aromatic rings. The molecule has 30 heavy (non-hydrogen) atoms. The van der Waals surface area contributed by atoms with Gasteiger partial charge in [-0.3, -0.25) is 9.59 Å². The van der Waals surface area contributed by atoms with Crippen LogP contribution in [0.15, 0.2) is 71.2 Å². The first-order valence-corrected chi connectivity index (χ1v) is 10.3. The Morgan fingerprint density at radius 1 is 0.967 bits per heavy atom. The van der Waals surface area contributed by atoms with E-state index in [1.165, 1.54) is 0 Å². The van der Waals surface area contributed by atoms with Crippen molar-refractivity contribution in [3.8, 4) is 5.75 Å². The van der Waals surface area contributed by atoms with Crippen LogP contribution in [-0.2, 0) is 11.4 Å². The fraction of sp³-hybridized carbons (Fsp3) is 0.167. The lowest BCUT2D eigenvalue weighted by atomic mass is 10.1. The summed E-state index contributed by atoms with van der Waals surface area (Å²) in [5.41, 5.74) is 4.20. The summed E-state index contributed by atoms with van der Waals surface area (Å²) in [6.07, 6.45) is 0. The van der Waals surface area contributed by atoms with Crippen LogP contribution in [0.5, 0.6) is 5.75 Å². The molecule has 3 aromatic carbocycles. The lowest BCUT2D eigenvalue weighted by molar-refractivity contribution is -0.115. The molecule has 0 bridgehead atoms. The van der Waals surface area contributed by atoms with Crippen LogP contribution in [0.3, 0.4) is 0 Å². The van der Waals surface area contributed by atoms with E-state index < -0.39 is 0 Å². The molecule has 154 valence electrons. The number of halogens is 1. The Bertz CT molecular complexity index is 1070. The second-order valence-electron chi connectivity index (χ2n) is 6.89. The summed E-state index contributed by atoms with van der Waals surface area (Å²) >= 11 is 3.43. The number of rotatable bonds is 7. The zero-order valence-electron chi connectivity index (χ0n) is 16.9. The zero-order valence-corrected chi connectivity index (χ0v) is 18.5. The Morgan fingerprint density at radius 2 is 1.73 bits per heavy atom. The van der Waals surface area contributed by atoms with Gasteiger partial charge < -0.3 is 15.4 Å². The molecule has 0 aliphatic heterocycles. The van der Waals surface area contributed by atoms with Crippen LogP contribution in [0.4, 0.5) is 5.69 Å². The van der Waals surface area contributed by atoms with E-state index in [1.807, 2.05) is 56.3 Å². The highest BCUT2D eigenvalue weighted by atomic mass is 79.9. The number of carbonyl (C=O) groups is 2. The highest BCUT2D eigenvalue weighted by molar-refractivity contribution is 9.10. The average Bonchev–Trinajstić information content (AvgIpc) is 2.74. The lowest BCUT2D eigenvalue weighted by Gasteiger charge is -2.13. The molecule has 0 aliphatic carbocycles. The van der Waals surface area contributed by atoms with Crippen molar-refractivity contribution in [1.82, 2.24) is 5.32 Å². The number of amides is 2. The molecule has 0 atom stereocenters. The van der Waals surface area contributed by atoms with Gasteiger partial charge in [0.2, 0.25) is 5.91 Å². The van der Waals surface area contributed by atoms with Crippen molar-refractivity contribution >= 4 is 33.4 Å². The minimum atomic E-state index is -0.365. The van der Waals surface area contributed by atoms with Gasteiger partial charge in [-0.05, 0) is 60.9 Å². The molecule has 0 saturated heterocycles. The molecule has 0 heterocycles. The molecule has 0 radical (unpaired) electrons. The normalized spacial score (nSPS) is 10.4. The first-order valence-electron chi connectivity index (χ1n) is 9.54. The van der Waals surface area contributed by atoms with Crippen LogP contribution >= 0.6 is 15.9 Å². The minimum Gasteiger partial charge on any atom is -0.488 e. The van der Waals surface area contributed by atoms with Gasteiger partial charge in [-0.25, -0.2) is 0 Å². The third kappa shape index (κ3) is 5.70. The average molecular weight is 467 g/mol. The SMILES string of the molecule is Cc1cccc(NC(=O)CNC(=O)c2ccccc2OCc2cccc(Br)c2)c1C. The van der Waals surface area contributed by atoms with Gasteiger partial charge >= 0.3 is 0 Å². The number of nitrogens with one attached hydrogen (secondary N) is 2. The molecule has 5 nitrogen and oxygen atoms in total. The maximum atomic E-state index is 12.6. The van der Waals surface area contributed by atoms with Crippen molar-refractivity contribution in [2.45, 2.75) is 20.5 Å². The van der Waals surface area contributed by atoms with Crippen molar-refractivity contribution in [2.75, 3.05) is 11.9 Å². The van der Waals surface area contributed by atoms with Gasteiger partial charge in [-0.2, -0.15) is 0 Å². The predicted molar refractivity (Wildman–Crippen MR) is 122 cm³/mol. The monoisotopic (exact) mass is 466 g/mol. The summed E-state index contributed by atoms with van der Waals surface area (Å²) in [5, 5.41) is 5.50. The highest BCUT2D eigenvalue weighted by Crippen LogP contribution is 2.21. The standard InChI is InChI=1S/C24H23BrN2O3/c1-16-7-5-11-21(17(16)2)27-23(28)14-26-24(29)20-10-3-4-12-22(20)30-15-18-8-6-9-19(25)13-18/h3-13H,14-15H2,1-2H3,(H,26,29)(H,27,28). The minimum absolute atomic E-state index is 0.133. The van der Waals surface area contributed by atoms with E-state index in [2.05, 4.69) is 26.6 Å². The number of hydrogen-bond donors (Lipinski definition) is 2. The maximum Gasteiger partial charge on any atom is 0.255 e. The molecule has 0 fully saturated rings. The molecule has 2 amide bonds. The number of ether oxygens (including phenoxy) is 1. The number of aryl methyl sites for hydroxylation is 1. The van der Waals surface area contributed by atoms with E-state index in [4.69, 9.17) is 4.74 Å². The number of para-hydroxylation sites is 1. The number of carbonyl (C=O) groups excluding carboxylic acids is 2. The Kier molecular flexibility index (Phi) is 7.25. The highest BCUT2D eigenvalue weighted by Gasteiger charge is 2.14. The van der Waals surface area contributed by atoms with E-state index in [9.17, 15) is 9.59 Å². The Hall–Kier alpha value is -3.12. The number of benzene rings is 3. The summed E-state index contributed by atoms with van der Waals surface area (Å²) in [5.74, 6) is -0.189. The first-order chi connectivity index (χ1) is 14.4. The van der Waals surface area contributed by atoms with E-state index in [-0.39, 0.29) is 18.4 Å². The quantitative estimate of drug-likeness (QED) is 0.513. The second-order valence-corrected chi connectivity index (χ2v) is 7.81. The molecule has 6 heteroatoms. The summed E-state index contributed by atoms with van der Waals surface area (Å²) in [4.78, 5) is 24.9. The fourth-order valence-corrected chi connectivity index (χ4v) is 3.35. The lowest BCUT2D eigenvalue weighted by Crippen LogP contribution is -2.33. The topological polar surface area (TPSA) is 67.4 Å². The smallest absolute Gasteiger partial charge is 0.255 e. The van der Waals surface area contributed by atoms with Crippen LogP contribution in [0.2, 0.25) is 0 Å². The largest absolute Gasteiger partial charge is 0.488 e. The van der Waals surface area contributed by atoms with Gasteiger partial charge in [0.25, 0.3) is 5.91 Å². The van der Waals surface area contributed by atoms with Gasteiger partial charge in [0.1, 0.15) is 12.4 Å². The molecule has 0 spiro atoms. The summed E-state index contributed by atoms with van der Waals surface area (Å²) in [6, 6.07) is 20.5. The second kappa shape index (κ2) is 10.1. The van der Waals surface area contributed by atoms with Gasteiger partial charge in [0.05, 0.1) is 12.1 Å². The van der Waals surface area contributed by atoms with Crippen molar-refractivity contribution in [3.05, 3.63) is 93.5 Å². The first kappa shape index (κ1) is 21.6. The molecule has 2 N–H and O–H groups in total. The number of anilines is 1. The fourth-order valence-electron chi connectivity index (χ4n) is 2.90. The molecule has 0 aliphatic rings. The molecular weight excluding hydrogens is 444 g/mol. The van der Waals surface area contributed by atoms with E-state index >= 15 is 0 Å². The molecule has 3 rings (SSSR count).